The van der Waals surface area contributed by atoms with Gasteiger partial charge in [-0.3, -0.25) is 0 Å². The molecule has 1 aromatic rings. The van der Waals surface area contributed by atoms with Gasteiger partial charge in [0.2, 0.25) is 5.82 Å². The van der Waals surface area contributed by atoms with E-state index in [-0.39, 0.29) is 37.0 Å². The lowest BCUT2D eigenvalue weighted by Gasteiger charge is -2.27. The van der Waals surface area contributed by atoms with Gasteiger partial charge in [0, 0.05) is 25.1 Å². The van der Waals surface area contributed by atoms with Gasteiger partial charge in [0.1, 0.15) is 12.7 Å². The Hall–Kier alpha value is -0.960. The minimum absolute atomic E-state index is 0.0530. The molecule has 0 unspecified atom stereocenters. The fraction of sp³-hybridized carbons (Fsp3) is 0.846. The number of β-amino-alcohol motifs (C(OH)–C–C–N with tert-alkyl or cyclic N) is 1. The standard InChI is InChI=1S/C13H24N4O3S/c1-13(2,3)14-8-10(18)9-20-12-11(15-21-16-12)17-4-6-19-7-5-17/h10,14,18H,4-9H2,1-3H3/t10-/m0/s1/i4D2,5D2,10D. The predicted molar refractivity (Wildman–Crippen MR) is 82.2 cm³/mol. The number of aromatic nitrogens is 2. The Morgan fingerprint density at radius 2 is 2.24 bits per heavy atom. The van der Waals surface area contributed by atoms with Gasteiger partial charge in [0.15, 0.2) is 0 Å². The fourth-order valence-corrected chi connectivity index (χ4v) is 1.94. The van der Waals surface area contributed by atoms with Crippen LogP contribution in [0.3, 0.4) is 0 Å². The molecule has 0 radical (unpaired) electrons. The molecule has 0 spiro atoms. The van der Waals surface area contributed by atoms with E-state index in [1.165, 1.54) is 0 Å². The topological polar surface area (TPSA) is 79.7 Å². The molecule has 0 aromatic carbocycles. The molecule has 7 nitrogen and oxygen atoms in total. The molecular formula is C13H24N4O3S. The molecule has 0 saturated carbocycles. The number of nitrogens with zero attached hydrogens (tertiary/aromatic N) is 3. The molecule has 1 fully saturated rings. The second kappa shape index (κ2) is 7.35. The number of aliphatic hydroxyl groups is 1. The van der Waals surface area contributed by atoms with Gasteiger partial charge in [-0.25, -0.2) is 0 Å². The van der Waals surface area contributed by atoms with Gasteiger partial charge in [-0.2, -0.15) is 4.37 Å². The van der Waals surface area contributed by atoms with Crippen LogP contribution < -0.4 is 15.0 Å². The van der Waals surface area contributed by atoms with Crippen molar-refractivity contribution in [1.82, 2.24) is 14.1 Å². The smallest absolute Gasteiger partial charge is 0.270 e. The molecule has 2 rings (SSSR count). The maximum atomic E-state index is 10.1. The molecule has 1 aromatic heterocycles. The number of ether oxygens (including phenoxy) is 2. The van der Waals surface area contributed by atoms with Gasteiger partial charge in [0.05, 0.1) is 31.8 Å². The Bertz CT molecular complexity index is 607. The van der Waals surface area contributed by atoms with E-state index in [9.17, 15) is 5.11 Å². The zero-order chi connectivity index (χ0) is 19.8. The van der Waals surface area contributed by atoms with E-state index in [2.05, 4.69) is 14.1 Å². The van der Waals surface area contributed by atoms with Crippen LogP contribution in [0.5, 0.6) is 5.88 Å². The van der Waals surface area contributed by atoms with Gasteiger partial charge in [-0.15, -0.1) is 4.37 Å². The SMILES string of the molecule is [2H]C1([2H])COCC([2H])([2H])N1c1nsnc1OC[C@@]([2H])(O)CNC(C)(C)C. The van der Waals surface area contributed by atoms with Crippen LogP contribution in [-0.4, -0.2) is 64.8 Å². The van der Waals surface area contributed by atoms with Gasteiger partial charge < -0.3 is 24.8 Å². The molecule has 8 heteroatoms. The lowest BCUT2D eigenvalue weighted by molar-refractivity contribution is 0.0975. The third-order valence-electron chi connectivity index (χ3n) is 2.50. The van der Waals surface area contributed by atoms with E-state index in [1.54, 1.807) is 0 Å². The molecule has 2 heterocycles. The van der Waals surface area contributed by atoms with Crippen LogP contribution in [0.2, 0.25) is 0 Å². The van der Waals surface area contributed by atoms with Crippen LogP contribution >= 0.6 is 11.7 Å². The highest BCUT2D eigenvalue weighted by atomic mass is 32.1. The molecular weight excluding hydrogens is 292 g/mol. The predicted octanol–water partition coefficient (Wildman–Crippen LogP) is 0.502. The first-order valence-electron chi connectivity index (χ1n) is 9.04. The highest BCUT2D eigenvalue weighted by molar-refractivity contribution is 6.99. The summed E-state index contributed by atoms with van der Waals surface area (Å²) in [6.45, 7) is 0.233. The molecule has 120 valence electrons. The van der Waals surface area contributed by atoms with Crippen molar-refractivity contribution < 1.29 is 21.4 Å². The van der Waals surface area contributed by atoms with Crippen molar-refractivity contribution in [3.05, 3.63) is 0 Å². The maximum Gasteiger partial charge on any atom is 0.270 e. The van der Waals surface area contributed by atoms with Gasteiger partial charge in [-0.1, -0.05) is 0 Å². The van der Waals surface area contributed by atoms with Gasteiger partial charge in [0.25, 0.3) is 5.88 Å². The molecule has 2 N–H and O–H groups in total. The van der Waals surface area contributed by atoms with Crippen molar-refractivity contribution in [1.29, 1.82) is 0 Å². The number of morpholine rings is 1. The zero-order valence-electron chi connectivity index (χ0n) is 17.3. The quantitative estimate of drug-likeness (QED) is 0.790. The van der Waals surface area contributed by atoms with Crippen LogP contribution in [-0.2, 0) is 4.74 Å². The van der Waals surface area contributed by atoms with Crippen molar-refractivity contribution in [3.63, 3.8) is 0 Å². The summed E-state index contributed by atoms with van der Waals surface area (Å²) in [5, 5.41) is 13.1. The van der Waals surface area contributed by atoms with Crippen LogP contribution in [0, 0.1) is 0 Å². The summed E-state index contributed by atoms with van der Waals surface area (Å²) < 4.78 is 58.2. The Balaban J connectivity index is 2.13. The summed E-state index contributed by atoms with van der Waals surface area (Å²) in [4.78, 5) is 0.832. The number of rotatable bonds is 6. The van der Waals surface area contributed by atoms with E-state index in [0.29, 0.717) is 0 Å². The Kier molecular flexibility index (Phi) is 3.75. The maximum absolute atomic E-state index is 10.1. The summed E-state index contributed by atoms with van der Waals surface area (Å²) in [6, 6.07) is 0. The Morgan fingerprint density at radius 3 is 2.90 bits per heavy atom. The van der Waals surface area contributed by atoms with Crippen molar-refractivity contribution in [3.8, 4) is 5.88 Å². The van der Waals surface area contributed by atoms with E-state index < -0.39 is 25.7 Å². The molecule has 1 aliphatic rings. The fourth-order valence-electron chi connectivity index (χ4n) is 1.45. The van der Waals surface area contributed by atoms with Crippen LogP contribution in [0.1, 0.15) is 27.6 Å². The molecule has 0 aliphatic carbocycles. The largest absolute Gasteiger partial charge is 0.472 e. The lowest BCUT2D eigenvalue weighted by Crippen LogP contribution is -2.42. The van der Waals surface area contributed by atoms with Gasteiger partial charge >= 0.3 is 0 Å². The first kappa shape index (κ1) is 10.7. The van der Waals surface area contributed by atoms with Crippen molar-refractivity contribution in [2.45, 2.75) is 32.4 Å². The molecule has 1 aliphatic heterocycles. The Morgan fingerprint density at radius 1 is 1.52 bits per heavy atom. The van der Waals surface area contributed by atoms with Crippen molar-refractivity contribution in [2.24, 2.45) is 0 Å². The molecule has 1 atom stereocenters. The van der Waals surface area contributed by atoms with Crippen LogP contribution in [0.15, 0.2) is 0 Å². The average molecular weight is 321 g/mol. The number of hydrogen-bond donors (Lipinski definition) is 2. The molecule has 21 heavy (non-hydrogen) atoms. The third kappa shape index (κ3) is 5.39. The minimum Gasteiger partial charge on any atom is -0.472 e. The lowest BCUT2D eigenvalue weighted by atomic mass is 10.1. The summed E-state index contributed by atoms with van der Waals surface area (Å²) in [5.74, 6) is -0.251. The van der Waals surface area contributed by atoms with Gasteiger partial charge in [-0.05, 0) is 20.8 Å². The second-order valence-corrected chi connectivity index (χ2v) is 6.02. The Labute approximate surface area is 136 Å². The monoisotopic (exact) mass is 321 g/mol. The van der Waals surface area contributed by atoms with E-state index in [0.717, 1.165) is 16.6 Å². The average Bonchev–Trinajstić information content (AvgIpc) is 2.88. The number of nitrogens with one attached hydrogen (secondary N) is 1. The first-order chi connectivity index (χ1) is 11.7. The molecule has 1 saturated heterocycles. The summed E-state index contributed by atoms with van der Waals surface area (Å²) in [7, 11) is 0. The van der Waals surface area contributed by atoms with Crippen molar-refractivity contribution >= 4 is 17.5 Å². The second-order valence-electron chi connectivity index (χ2n) is 5.50. The van der Waals surface area contributed by atoms with E-state index in [4.69, 9.17) is 16.3 Å². The summed E-state index contributed by atoms with van der Waals surface area (Å²) >= 11 is 0.730. The highest BCUT2D eigenvalue weighted by Crippen LogP contribution is 2.26. The third-order valence-corrected chi connectivity index (χ3v) is 3.00. The van der Waals surface area contributed by atoms with Crippen molar-refractivity contribution in [2.75, 3.05) is 44.3 Å². The normalized spacial score (nSPS) is 27.6. The highest BCUT2D eigenvalue weighted by Gasteiger charge is 2.21. The summed E-state index contributed by atoms with van der Waals surface area (Å²) in [6.07, 6.45) is -1.95. The number of anilines is 1. The molecule has 0 bridgehead atoms. The summed E-state index contributed by atoms with van der Waals surface area (Å²) in [5.41, 5.74) is -0.289. The van der Waals surface area contributed by atoms with Crippen LogP contribution in [0.4, 0.5) is 5.82 Å². The zero-order valence-corrected chi connectivity index (χ0v) is 13.2. The minimum atomic E-state index is -2.15. The molecule has 0 amide bonds. The van der Waals surface area contributed by atoms with Crippen LogP contribution in [0.25, 0.3) is 0 Å². The van der Waals surface area contributed by atoms with E-state index in [1.807, 2.05) is 20.8 Å². The van der Waals surface area contributed by atoms with E-state index >= 15 is 0 Å². The number of hydrogen-bond acceptors (Lipinski definition) is 8. The first-order valence-corrected chi connectivity index (χ1v) is 7.28.